The van der Waals surface area contributed by atoms with Crippen molar-refractivity contribution in [1.82, 2.24) is 35.4 Å². The topological polar surface area (TPSA) is 137 Å². The molecule has 3 aromatic rings. The summed E-state index contributed by atoms with van der Waals surface area (Å²) in [5.41, 5.74) is 1.60. The van der Waals surface area contributed by atoms with Crippen molar-refractivity contribution < 1.29 is 9.59 Å². The molecule has 3 N–H and O–H groups in total. The highest BCUT2D eigenvalue weighted by Gasteiger charge is 2.27. The molecule has 1 atom stereocenters. The molecule has 30 heavy (non-hydrogen) atoms. The third-order valence-corrected chi connectivity index (χ3v) is 5.06. The van der Waals surface area contributed by atoms with Gasteiger partial charge in [-0.1, -0.05) is 12.1 Å². The number of aromatic amines is 2. The van der Waals surface area contributed by atoms with Crippen LogP contribution >= 0.6 is 0 Å². The van der Waals surface area contributed by atoms with E-state index in [4.69, 9.17) is 0 Å². The predicted molar refractivity (Wildman–Crippen MR) is 107 cm³/mol. The van der Waals surface area contributed by atoms with Crippen LogP contribution < -0.4 is 11.0 Å². The highest BCUT2D eigenvalue weighted by molar-refractivity contribution is 5.94. The Morgan fingerprint density at radius 2 is 2.03 bits per heavy atom. The molecule has 154 valence electrons. The van der Waals surface area contributed by atoms with Crippen molar-refractivity contribution in [3.63, 3.8) is 0 Å². The van der Waals surface area contributed by atoms with Gasteiger partial charge in [-0.05, 0) is 36.5 Å². The predicted octanol–water partition coefficient (Wildman–Crippen LogP) is 0.523. The number of likely N-dealkylation sites (tertiary alicyclic amines) is 1. The van der Waals surface area contributed by atoms with Gasteiger partial charge in [0.25, 0.3) is 11.8 Å². The second-order valence-electron chi connectivity index (χ2n) is 7.20. The normalized spacial score (nSPS) is 15.9. The van der Waals surface area contributed by atoms with Crippen LogP contribution in [0.1, 0.15) is 38.7 Å². The van der Waals surface area contributed by atoms with Crippen LogP contribution in [-0.2, 0) is 13.0 Å². The van der Waals surface area contributed by atoms with Crippen LogP contribution in [0.5, 0.6) is 0 Å². The number of nitrogens with one attached hydrogen (secondary N) is 3. The Kier molecular flexibility index (Phi) is 5.64. The van der Waals surface area contributed by atoms with Gasteiger partial charge in [-0.25, -0.2) is 14.9 Å². The van der Waals surface area contributed by atoms with Crippen molar-refractivity contribution in [3.8, 4) is 0 Å². The molecule has 2 aromatic heterocycles. The number of nitrogens with zero attached hydrogens (tertiary/aromatic N) is 4. The summed E-state index contributed by atoms with van der Waals surface area (Å²) in [7, 11) is 0. The van der Waals surface area contributed by atoms with E-state index in [0.29, 0.717) is 36.1 Å². The van der Waals surface area contributed by atoms with E-state index in [1.165, 1.54) is 12.4 Å². The van der Waals surface area contributed by atoms with Crippen molar-refractivity contribution >= 4 is 11.8 Å². The van der Waals surface area contributed by atoms with Gasteiger partial charge in [-0.2, -0.15) is 5.10 Å². The number of carbonyl (C=O) groups is 2. The summed E-state index contributed by atoms with van der Waals surface area (Å²) in [4.78, 5) is 48.1. The Bertz CT molecular complexity index is 1080. The molecule has 1 aromatic carbocycles. The van der Waals surface area contributed by atoms with Gasteiger partial charge in [0.15, 0.2) is 0 Å². The van der Waals surface area contributed by atoms with Crippen molar-refractivity contribution in [2.24, 2.45) is 5.92 Å². The summed E-state index contributed by atoms with van der Waals surface area (Å²) in [6.45, 7) is 1.52. The van der Waals surface area contributed by atoms with E-state index >= 15 is 0 Å². The highest BCUT2D eigenvalue weighted by atomic mass is 16.2. The molecule has 0 aliphatic carbocycles. The quantitative estimate of drug-likeness (QED) is 0.545. The minimum Gasteiger partial charge on any atom is -0.345 e. The molecular formula is C20H21N7O3. The van der Waals surface area contributed by atoms with Crippen LogP contribution in [0.3, 0.4) is 0 Å². The lowest BCUT2D eigenvalue weighted by Crippen LogP contribution is -2.29. The molecule has 4 rings (SSSR count). The largest absolute Gasteiger partial charge is 0.345 e. The van der Waals surface area contributed by atoms with E-state index in [0.717, 1.165) is 18.4 Å². The zero-order chi connectivity index (χ0) is 20.9. The molecule has 0 radical (unpaired) electrons. The summed E-state index contributed by atoms with van der Waals surface area (Å²) >= 11 is 0. The molecule has 3 heterocycles. The van der Waals surface area contributed by atoms with Gasteiger partial charge in [0.05, 0.1) is 12.7 Å². The first-order chi connectivity index (χ1) is 14.6. The number of carbonyl (C=O) groups excluding carboxylic acids is 2. The Balaban J connectivity index is 1.29. The minimum absolute atomic E-state index is 0.0872. The Labute approximate surface area is 171 Å². The first-order valence-corrected chi connectivity index (χ1v) is 9.64. The fraction of sp³-hybridized carbons (Fsp3) is 0.300. The van der Waals surface area contributed by atoms with E-state index in [9.17, 15) is 14.4 Å². The summed E-state index contributed by atoms with van der Waals surface area (Å²) in [6.07, 6.45) is 6.32. The van der Waals surface area contributed by atoms with Gasteiger partial charge in [0, 0.05) is 31.0 Å². The average molecular weight is 407 g/mol. The molecule has 1 unspecified atom stereocenters. The lowest BCUT2D eigenvalue weighted by atomic mass is 9.98. The van der Waals surface area contributed by atoms with E-state index < -0.39 is 5.69 Å². The first-order valence-electron chi connectivity index (χ1n) is 9.64. The van der Waals surface area contributed by atoms with E-state index in [1.807, 2.05) is 17.0 Å². The lowest BCUT2D eigenvalue weighted by molar-refractivity contribution is 0.0780. The molecule has 1 aliphatic rings. The van der Waals surface area contributed by atoms with Gasteiger partial charge >= 0.3 is 5.69 Å². The first kappa shape index (κ1) is 19.5. The number of aromatic nitrogens is 5. The Hall–Kier alpha value is -3.82. The summed E-state index contributed by atoms with van der Waals surface area (Å²) in [5, 5.41) is 8.71. The summed E-state index contributed by atoms with van der Waals surface area (Å²) < 4.78 is 0. The van der Waals surface area contributed by atoms with Gasteiger partial charge in [0.1, 0.15) is 11.5 Å². The average Bonchev–Trinajstić information content (AvgIpc) is 3.41. The number of amides is 2. The fourth-order valence-electron chi connectivity index (χ4n) is 3.54. The monoisotopic (exact) mass is 407 g/mol. The lowest BCUT2D eigenvalue weighted by Gasteiger charge is -2.16. The van der Waals surface area contributed by atoms with E-state index in [-0.39, 0.29) is 18.4 Å². The third-order valence-electron chi connectivity index (χ3n) is 5.06. The van der Waals surface area contributed by atoms with E-state index in [2.05, 4.69) is 30.5 Å². The smallest absolute Gasteiger partial charge is 0.340 e. The van der Waals surface area contributed by atoms with Gasteiger partial charge < -0.3 is 10.2 Å². The molecule has 1 aliphatic heterocycles. The Morgan fingerprint density at radius 3 is 2.73 bits per heavy atom. The maximum atomic E-state index is 12.5. The second-order valence-corrected chi connectivity index (χ2v) is 7.20. The van der Waals surface area contributed by atoms with Crippen LogP contribution in [0.4, 0.5) is 0 Å². The summed E-state index contributed by atoms with van der Waals surface area (Å²) in [5.74, 6) is 0.400. The Morgan fingerprint density at radius 1 is 1.20 bits per heavy atom. The van der Waals surface area contributed by atoms with Crippen LogP contribution in [0.15, 0.2) is 47.7 Å². The maximum Gasteiger partial charge on any atom is 0.340 e. The van der Waals surface area contributed by atoms with Crippen molar-refractivity contribution in [1.29, 1.82) is 0 Å². The molecule has 0 bridgehead atoms. The fourth-order valence-corrected chi connectivity index (χ4v) is 3.54. The van der Waals surface area contributed by atoms with Crippen LogP contribution in [0, 0.1) is 5.92 Å². The number of benzene rings is 1. The number of hydrogen-bond acceptors (Lipinski definition) is 6. The molecule has 2 amide bonds. The van der Waals surface area contributed by atoms with Crippen LogP contribution in [0.2, 0.25) is 0 Å². The number of H-pyrrole nitrogens is 2. The van der Waals surface area contributed by atoms with E-state index in [1.54, 1.807) is 18.3 Å². The molecule has 1 saturated heterocycles. The minimum atomic E-state index is -0.410. The van der Waals surface area contributed by atoms with Crippen LogP contribution in [-0.4, -0.2) is 55.0 Å². The molecule has 0 saturated carbocycles. The zero-order valence-electron chi connectivity index (χ0n) is 16.2. The maximum absolute atomic E-state index is 12.5. The van der Waals surface area contributed by atoms with Gasteiger partial charge in [0.2, 0.25) is 0 Å². The molecule has 0 spiro atoms. The second kappa shape index (κ2) is 8.68. The number of hydrogen-bond donors (Lipinski definition) is 3. The molecule has 1 fully saturated rings. The molecule has 10 nitrogen and oxygen atoms in total. The SMILES string of the molecule is O=C(NCc1n[nH]c(=O)[nH]1)c1ccc(CC2CCN(C(=O)c3cnccn3)C2)cc1. The van der Waals surface area contributed by atoms with Crippen LogP contribution in [0.25, 0.3) is 0 Å². The van der Waals surface area contributed by atoms with Crippen molar-refractivity contribution in [3.05, 3.63) is 76.0 Å². The standard InChI is InChI=1S/C20H21N7O3/c28-18(23-11-17-24-20(30)26-25-17)15-3-1-13(2-4-15)9-14-5-8-27(12-14)19(29)16-10-21-6-7-22-16/h1-4,6-7,10,14H,5,8-9,11-12H2,(H,23,28)(H2,24,25,26,30). The van der Waals surface area contributed by atoms with Gasteiger partial charge in [-0.3, -0.25) is 19.6 Å². The van der Waals surface area contributed by atoms with Gasteiger partial charge in [-0.15, -0.1) is 0 Å². The highest BCUT2D eigenvalue weighted by Crippen LogP contribution is 2.22. The molecule has 10 heteroatoms. The number of rotatable bonds is 6. The van der Waals surface area contributed by atoms with Crippen molar-refractivity contribution in [2.75, 3.05) is 13.1 Å². The summed E-state index contributed by atoms with van der Waals surface area (Å²) in [6, 6.07) is 7.40. The zero-order valence-corrected chi connectivity index (χ0v) is 16.2. The van der Waals surface area contributed by atoms with Crippen molar-refractivity contribution in [2.45, 2.75) is 19.4 Å². The third kappa shape index (κ3) is 4.59. The molecular weight excluding hydrogens is 386 g/mol.